The molecule has 1 N–H and O–H groups in total. The van der Waals surface area contributed by atoms with Crippen LogP contribution < -0.4 is 10.2 Å². The smallest absolute Gasteiger partial charge is 0.273 e. The molecule has 0 unspecified atom stereocenters. The van der Waals surface area contributed by atoms with Gasteiger partial charge in [0.2, 0.25) is 0 Å². The zero-order valence-corrected chi connectivity index (χ0v) is 11.8. The molecule has 2 saturated carbocycles. The summed E-state index contributed by atoms with van der Waals surface area (Å²) in [5.41, 5.74) is 2.03. The van der Waals surface area contributed by atoms with Crippen LogP contribution in [0.15, 0.2) is 18.2 Å². The quantitative estimate of drug-likeness (QED) is 0.612. The van der Waals surface area contributed by atoms with Crippen molar-refractivity contribution in [3.8, 4) is 0 Å². The lowest BCUT2D eigenvalue weighted by Gasteiger charge is -2.25. The Morgan fingerprint density at radius 3 is 2.60 bits per heavy atom. The van der Waals surface area contributed by atoms with Gasteiger partial charge < -0.3 is 10.2 Å². The van der Waals surface area contributed by atoms with E-state index in [2.05, 4.69) is 16.3 Å². The van der Waals surface area contributed by atoms with Gasteiger partial charge in [0.15, 0.2) is 0 Å². The third-order valence-corrected chi connectivity index (χ3v) is 3.97. The summed E-state index contributed by atoms with van der Waals surface area (Å²) in [5, 5.41) is 14.3. The molecule has 2 aliphatic rings. The predicted molar refractivity (Wildman–Crippen MR) is 80.4 cm³/mol. The Morgan fingerprint density at radius 1 is 1.30 bits per heavy atom. The molecule has 0 amide bonds. The van der Waals surface area contributed by atoms with Crippen LogP contribution in [-0.2, 0) is 0 Å². The first-order valence-corrected chi connectivity index (χ1v) is 7.47. The molecule has 0 aliphatic heterocycles. The molecule has 5 heteroatoms. The Kier molecular flexibility index (Phi) is 3.51. The van der Waals surface area contributed by atoms with Crippen LogP contribution in [0.3, 0.4) is 0 Å². The maximum absolute atomic E-state index is 11.1. The van der Waals surface area contributed by atoms with Crippen LogP contribution in [-0.4, -0.2) is 24.1 Å². The van der Waals surface area contributed by atoms with Gasteiger partial charge in [-0.25, -0.2) is 0 Å². The molecule has 108 valence electrons. The molecule has 0 heterocycles. The lowest BCUT2D eigenvalue weighted by molar-refractivity contribution is -0.384. The highest BCUT2D eigenvalue weighted by atomic mass is 16.6. The zero-order chi connectivity index (χ0) is 14.1. The molecule has 1 aromatic carbocycles. The van der Waals surface area contributed by atoms with E-state index in [0.29, 0.717) is 6.04 Å². The number of hydrogen-bond acceptors (Lipinski definition) is 4. The number of nitro groups is 1. The minimum Gasteiger partial charge on any atom is -0.385 e. The molecule has 3 rings (SSSR count). The van der Waals surface area contributed by atoms with Crippen LogP contribution in [0, 0.1) is 16.0 Å². The van der Waals surface area contributed by atoms with E-state index in [-0.39, 0.29) is 10.6 Å². The van der Waals surface area contributed by atoms with Crippen LogP contribution in [0.5, 0.6) is 0 Å². The van der Waals surface area contributed by atoms with Gasteiger partial charge in [0.1, 0.15) is 0 Å². The number of hydrogen-bond donors (Lipinski definition) is 1. The van der Waals surface area contributed by atoms with E-state index in [9.17, 15) is 10.1 Å². The van der Waals surface area contributed by atoms with Crippen molar-refractivity contribution in [1.82, 2.24) is 0 Å². The monoisotopic (exact) mass is 275 g/mol. The van der Waals surface area contributed by atoms with E-state index in [1.54, 1.807) is 12.1 Å². The molecule has 0 atom stereocenters. The van der Waals surface area contributed by atoms with Crippen LogP contribution >= 0.6 is 0 Å². The molecule has 20 heavy (non-hydrogen) atoms. The van der Waals surface area contributed by atoms with E-state index in [4.69, 9.17) is 0 Å². The Labute approximate surface area is 119 Å². The van der Waals surface area contributed by atoms with Crippen molar-refractivity contribution in [3.63, 3.8) is 0 Å². The van der Waals surface area contributed by atoms with Crippen LogP contribution in [0.4, 0.5) is 17.1 Å². The average molecular weight is 275 g/mol. The second kappa shape index (κ2) is 5.31. The predicted octanol–water partition coefficient (Wildman–Crippen LogP) is 3.41. The third kappa shape index (κ3) is 3.03. The number of nitrogens with zero attached hydrogens (tertiary/aromatic N) is 2. The second-order valence-electron chi connectivity index (χ2n) is 5.85. The highest BCUT2D eigenvalue weighted by Crippen LogP contribution is 2.39. The van der Waals surface area contributed by atoms with Crippen molar-refractivity contribution < 1.29 is 4.92 Å². The molecule has 0 spiro atoms. The fourth-order valence-electron chi connectivity index (χ4n) is 2.60. The Morgan fingerprint density at radius 2 is 2.05 bits per heavy atom. The van der Waals surface area contributed by atoms with E-state index in [1.165, 1.54) is 25.7 Å². The summed E-state index contributed by atoms with van der Waals surface area (Å²) in [4.78, 5) is 13.2. The zero-order valence-electron chi connectivity index (χ0n) is 11.8. The molecule has 0 radical (unpaired) electrons. The maximum atomic E-state index is 11.1. The number of rotatable bonds is 7. The molecule has 0 aromatic heterocycles. The lowest BCUT2D eigenvalue weighted by Crippen LogP contribution is -2.28. The second-order valence-corrected chi connectivity index (χ2v) is 5.85. The first-order chi connectivity index (χ1) is 9.67. The molecule has 0 bridgehead atoms. The van der Waals surface area contributed by atoms with Gasteiger partial charge in [0.25, 0.3) is 5.69 Å². The van der Waals surface area contributed by atoms with Crippen LogP contribution in [0.25, 0.3) is 0 Å². The Balaban J connectivity index is 1.89. The molecule has 0 saturated heterocycles. The first-order valence-electron chi connectivity index (χ1n) is 7.47. The molecular weight excluding hydrogens is 254 g/mol. The Hall–Kier alpha value is -1.78. The molecule has 2 aliphatic carbocycles. The van der Waals surface area contributed by atoms with Gasteiger partial charge in [-0.2, -0.15) is 0 Å². The van der Waals surface area contributed by atoms with E-state index in [0.717, 1.165) is 30.4 Å². The van der Waals surface area contributed by atoms with Crippen molar-refractivity contribution in [2.45, 2.75) is 38.6 Å². The van der Waals surface area contributed by atoms with Crippen molar-refractivity contribution >= 4 is 17.1 Å². The summed E-state index contributed by atoms with van der Waals surface area (Å²) >= 11 is 0. The number of nitrogens with one attached hydrogen (secondary N) is 1. The topological polar surface area (TPSA) is 58.4 Å². The average Bonchev–Trinajstić information content (AvgIpc) is 3.28. The highest BCUT2D eigenvalue weighted by molar-refractivity contribution is 5.65. The van der Waals surface area contributed by atoms with E-state index < -0.39 is 0 Å². The molecule has 5 nitrogen and oxygen atoms in total. The normalized spacial score (nSPS) is 17.9. The van der Waals surface area contributed by atoms with Gasteiger partial charge in [0, 0.05) is 42.6 Å². The maximum Gasteiger partial charge on any atom is 0.273 e. The van der Waals surface area contributed by atoms with Crippen molar-refractivity contribution in [1.29, 1.82) is 0 Å². The first kappa shape index (κ1) is 13.2. The van der Waals surface area contributed by atoms with Gasteiger partial charge in [-0.3, -0.25) is 10.1 Å². The van der Waals surface area contributed by atoms with Crippen molar-refractivity contribution in [3.05, 3.63) is 28.3 Å². The Bertz CT molecular complexity index is 510. The van der Waals surface area contributed by atoms with Crippen LogP contribution in [0.2, 0.25) is 0 Å². The van der Waals surface area contributed by atoms with Gasteiger partial charge in [0.05, 0.1) is 4.92 Å². The number of anilines is 2. The fraction of sp³-hybridized carbons (Fsp3) is 0.600. The van der Waals surface area contributed by atoms with E-state index in [1.807, 2.05) is 6.92 Å². The summed E-state index contributed by atoms with van der Waals surface area (Å²) in [5.74, 6) is 0.789. The highest BCUT2D eigenvalue weighted by Gasteiger charge is 2.34. The van der Waals surface area contributed by atoms with Gasteiger partial charge in [-0.05, 0) is 44.6 Å². The number of non-ortho nitro benzene ring substituents is 1. The number of nitro benzene ring substituents is 1. The van der Waals surface area contributed by atoms with Gasteiger partial charge in [-0.15, -0.1) is 0 Å². The third-order valence-electron chi connectivity index (χ3n) is 3.97. The summed E-state index contributed by atoms with van der Waals surface area (Å²) in [6.07, 6.45) is 5.04. The largest absolute Gasteiger partial charge is 0.385 e. The minimum atomic E-state index is -0.299. The van der Waals surface area contributed by atoms with Crippen molar-refractivity contribution in [2.24, 2.45) is 5.92 Å². The fourth-order valence-corrected chi connectivity index (χ4v) is 2.60. The van der Waals surface area contributed by atoms with Gasteiger partial charge >= 0.3 is 0 Å². The molecule has 2 fully saturated rings. The van der Waals surface area contributed by atoms with E-state index >= 15 is 0 Å². The minimum absolute atomic E-state index is 0.180. The SMILES string of the molecule is CCNc1cc(N(CC2CC2)C2CC2)cc([N+](=O)[O-])c1. The summed E-state index contributed by atoms with van der Waals surface area (Å²) in [6, 6.07) is 5.99. The molecule has 1 aromatic rings. The summed E-state index contributed by atoms with van der Waals surface area (Å²) in [7, 11) is 0. The van der Waals surface area contributed by atoms with Crippen molar-refractivity contribution in [2.75, 3.05) is 23.3 Å². The molecular formula is C15H21N3O2. The standard InChI is InChI=1S/C15H21N3O2/c1-2-16-12-7-14(9-15(8-12)18(19)20)17(13-5-6-13)10-11-3-4-11/h7-9,11,13,16H,2-6,10H2,1H3. The number of benzene rings is 1. The lowest BCUT2D eigenvalue weighted by atomic mass is 10.2. The van der Waals surface area contributed by atoms with Crippen LogP contribution in [0.1, 0.15) is 32.6 Å². The summed E-state index contributed by atoms with van der Waals surface area (Å²) < 4.78 is 0. The van der Waals surface area contributed by atoms with Gasteiger partial charge in [-0.1, -0.05) is 0 Å². The summed E-state index contributed by atoms with van der Waals surface area (Å²) in [6.45, 7) is 3.82.